The van der Waals surface area contributed by atoms with E-state index in [4.69, 9.17) is 39.5 Å². The monoisotopic (exact) mass is 552 g/mol. The molecular weight excluding hydrogens is 535 g/mol. The van der Waals surface area contributed by atoms with Gasteiger partial charge in [-0.05, 0) is 55.3 Å². The molecule has 0 spiro atoms. The molecule has 0 aliphatic carbocycles. The predicted octanol–water partition coefficient (Wildman–Crippen LogP) is 5.58. The number of ether oxygens (including phenoxy) is 1. The Balaban J connectivity index is 1.52. The molecule has 1 N–H and O–H groups in total. The molecule has 0 fully saturated rings. The minimum absolute atomic E-state index is 0.0907. The summed E-state index contributed by atoms with van der Waals surface area (Å²) in [5.74, 6) is -1.37. The van der Waals surface area contributed by atoms with Crippen LogP contribution in [0.2, 0.25) is 15.1 Å². The summed E-state index contributed by atoms with van der Waals surface area (Å²) in [7, 11) is -4.20. The van der Waals surface area contributed by atoms with Crippen LogP contribution in [0.1, 0.15) is 22.8 Å². The maximum absolute atomic E-state index is 12.9. The minimum Gasteiger partial charge on any atom is -0.452 e. The number of nitrogens with zero attached hydrogens (tertiary/aromatic N) is 1. The summed E-state index contributed by atoms with van der Waals surface area (Å²) in [5.41, 5.74) is 1.76. The number of hydrogen-bond acceptors (Lipinski definition) is 5. The van der Waals surface area contributed by atoms with Gasteiger partial charge in [-0.2, -0.15) is 0 Å². The van der Waals surface area contributed by atoms with Crippen molar-refractivity contribution in [2.45, 2.75) is 24.3 Å². The lowest BCUT2D eigenvalue weighted by molar-refractivity contribution is -0.122. The molecular formula is C24H19Cl3N2O5S. The number of carbonyl (C=O) groups excluding carboxylic acids is 2. The summed E-state index contributed by atoms with van der Waals surface area (Å²) in [4.78, 5) is 26.8. The van der Waals surface area contributed by atoms with E-state index in [9.17, 15) is 18.0 Å². The fourth-order valence-electron chi connectivity index (χ4n) is 3.87. The molecule has 7 nitrogen and oxygen atoms in total. The lowest BCUT2D eigenvalue weighted by Gasteiger charge is -2.22. The van der Waals surface area contributed by atoms with Gasteiger partial charge >= 0.3 is 5.97 Å². The number of benzene rings is 3. The maximum atomic E-state index is 12.9. The first-order valence-corrected chi connectivity index (χ1v) is 13.0. The Morgan fingerprint density at radius 1 is 1.03 bits per heavy atom. The van der Waals surface area contributed by atoms with Gasteiger partial charge in [0.1, 0.15) is 4.90 Å². The summed E-state index contributed by atoms with van der Waals surface area (Å²) in [5, 5.41) is 0.0185. The van der Waals surface area contributed by atoms with E-state index >= 15 is 0 Å². The van der Waals surface area contributed by atoms with Crippen molar-refractivity contribution in [2.24, 2.45) is 0 Å². The number of hydrogen-bond donors (Lipinski definition) is 1. The Bertz CT molecular complexity index is 1430. The van der Waals surface area contributed by atoms with Gasteiger partial charge in [-0.15, -0.1) is 0 Å². The van der Waals surface area contributed by atoms with Crippen molar-refractivity contribution >= 4 is 68.1 Å². The highest BCUT2D eigenvalue weighted by Crippen LogP contribution is 2.33. The fourth-order valence-corrected chi connectivity index (χ4v) is 5.96. The molecule has 3 aromatic rings. The molecule has 0 saturated heterocycles. The topological polar surface area (TPSA) is 92.8 Å². The molecule has 0 bridgehead atoms. The zero-order valence-electron chi connectivity index (χ0n) is 18.3. The Morgan fingerprint density at radius 3 is 2.51 bits per heavy atom. The minimum atomic E-state index is -4.20. The molecule has 4 rings (SSSR count). The molecule has 11 heteroatoms. The molecule has 3 aromatic carbocycles. The van der Waals surface area contributed by atoms with Gasteiger partial charge in [0.05, 0.1) is 21.3 Å². The van der Waals surface area contributed by atoms with Crippen molar-refractivity contribution in [2.75, 3.05) is 16.2 Å². The van der Waals surface area contributed by atoms with Crippen molar-refractivity contribution in [3.63, 3.8) is 0 Å². The van der Waals surface area contributed by atoms with E-state index in [-0.39, 0.29) is 32.2 Å². The van der Waals surface area contributed by atoms with Gasteiger partial charge in [-0.3, -0.25) is 9.52 Å². The van der Waals surface area contributed by atoms with Gasteiger partial charge < -0.3 is 9.64 Å². The summed E-state index contributed by atoms with van der Waals surface area (Å²) in [6.07, 6.45) is 0.694. The van der Waals surface area contributed by atoms with Crippen molar-refractivity contribution in [1.82, 2.24) is 0 Å². The molecule has 35 heavy (non-hydrogen) atoms. The first-order chi connectivity index (χ1) is 16.6. The van der Waals surface area contributed by atoms with Crippen molar-refractivity contribution in [3.05, 3.63) is 86.9 Å². The summed E-state index contributed by atoms with van der Waals surface area (Å²) < 4.78 is 33.4. The lowest BCUT2D eigenvalue weighted by atomic mass is 10.1. The maximum Gasteiger partial charge on any atom is 0.340 e. The third kappa shape index (κ3) is 5.41. The number of esters is 1. The van der Waals surface area contributed by atoms with E-state index in [1.807, 2.05) is 31.2 Å². The quantitative estimate of drug-likeness (QED) is 0.402. The summed E-state index contributed by atoms with van der Waals surface area (Å²) in [6.45, 7) is 1.36. The SMILES string of the molecule is CC1Cc2ccccc2N1C(=O)COC(=O)c1cc(S(=O)(=O)Nc2cccc(Cl)c2)c(Cl)cc1Cl. The molecule has 182 valence electrons. The number of anilines is 2. The van der Waals surface area contributed by atoms with Gasteiger partial charge in [0.15, 0.2) is 6.61 Å². The van der Waals surface area contributed by atoms with Crippen LogP contribution in [0.25, 0.3) is 0 Å². The van der Waals surface area contributed by atoms with Crippen LogP contribution >= 0.6 is 34.8 Å². The number of sulfonamides is 1. The normalized spacial score (nSPS) is 15.0. The van der Waals surface area contributed by atoms with Gasteiger partial charge in [0.2, 0.25) is 0 Å². The number of fused-ring (bicyclic) bond motifs is 1. The average molecular weight is 554 g/mol. The number of carbonyl (C=O) groups is 2. The van der Waals surface area contributed by atoms with Crippen molar-refractivity contribution in [1.29, 1.82) is 0 Å². The van der Waals surface area contributed by atoms with Crippen molar-refractivity contribution in [3.8, 4) is 0 Å². The number of halogens is 3. The lowest BCUT2D eigenvalue weighted by Crippen LogP contribution is -2.38. The zero-order chi connectivity index (χ0) is 25.3. The van der Waals surface area contributed by atoms with Crippen LogP contribution in [-0.4, -0.2) is 32.9 Å². The number of amides is 1. The first kappa shape index (κ1) is 25.3. The van der Waals surface area contributed by atoms with Crippen molar-refractivity contribution < 1.29 is 22.7 Å². The predicted molar refractivity (Wildman–Crippen MR) is 136 cm³/mol. The highest BCUT2D eigenvalue weighted by molar-refractivity contribution is 7.92. The van der Waals surface area contributed by atoms with Crippen LogP contribution in [0.3, 0.4) is 0 Å². The van der Waals surface area contributed by atoms with Crippen LogP contribution in [0, 0.1) is 0 Å². The standard InChI is InChI=1S/C24H19Cl3N2O5S/c1-14-9-15-5-2-3-8-21(15)29(14)23(30)13-34-24(31)18-11-22(20(27)12-19(18)26)35(32,33)28-17-7-4-6-16(25)10-17/h2-8,10-12,14,28H,9,13H2,1H3. The Kier molecular flexibility index (Phi) is 7.28. The van der Waals surface area contributed by atoms with Gasteiger partial charge in [0, 0.05) is 16.8 Å². The molecule has 0 aromatic heterocycles. The van der Waals surface area contributed by atoms with E-state index in [1.165, 1.54) is 12.1 Å². The summed E-state index contributed by atoms with van der Waals surface area (Å²) >= 11 is 18.2. The Hall–Kier alpha value is -2.78. The molecule has 1 aliphatic rings. The summed E-state index contributed by atoms with van der Waals surface area (Å²) in [6, 6.07) is 15.6. The zero-order valence-corrected chi connectivity index (χ0v) is 21.4. The highest BCUT2D eigenvalue weighted by atomic mass is 35.5. The molecule has 1 aliphatic heterocycles. The van der Waals surface area contributed by atoms with E-state index in [1.54, 1.807) is 17.0 Å². The van der Waals surface area contributed by atoms with Crippen LogP contribution in [0.4, 0.5) is 11.4 Å². The smallest absolute Gasteiger partial charge is 0.340 e. The largest absolute Gasteiger partial charge is 0.452 e. The van der Waals surface area contributed by atoms with Crippen LogP contribution < -0.4 is 9.62 Å². The van der Waals surface area contributed by atoms with Gasteiger partial charge in [-0.25, -0.2) is 13.2 Å². The first-order valence-electron chi connectivity index (χ1n) is 10.4. The number of rotatable bonds is 6. The van der Waals surface area contributed by atoms with Gasteiger partial charge in [0.25, 0.3) is 15.9 Å². The molecule has 1 amide bonds. The Labute approximate surface area is 217 Å². The van der Waals surface area contributed by atoms with Gasteiger partial charge in [-0.1, -0.05) is 59.1 Å². The fraction of sp³-hybridized carbons (Fsp3) is 0.167. The number of para-hydroxylation sites is 1. The van der Waals surface area contributed by atoms with Crippen LogP contribution in [0.5, 0.6) is 0 Å². The average Bonchev–Trinajstić information content (AvgIpc) is 3.12. The second kappa shape index (κ2) is 10.1. The Morgan fingerprint density at radius 2 is 1.77 bits per heavy atom. The van der Waals surface area contributed by atoms with Crippen LogP contribution in [-0.2, 0) is 26.0 Å². The van der Waals surface area contributed by atoms with Crippen LogP contribution in [0.15, 0.2) is 65.6 Å². The molecule has 1 heterocycles. The van der Waals surface area contributed by atoms with E-state index < -0.39 is 28.5 Å². The second-order valence-electron chi connectivity index (χ2n) is 7.90. The molecule has 0 radical (unpaired) electrons. The number of nitrogens with one attached hydrogen (secondary N) is 1. The second-order valence-corrected chi connectivity index (χ2v) is 10.8. The molecule has 1 atom stereocenters. The molecule has 1 unspecified atom stereocenters. The van der Waals surface area contributed by atoms with E-state index in [0.29, 0.717) is 11.4 Å². The third-order valence-electron chi connectivity index (χ3n) is 5.41. The molecule has 0 saturated carbocycles. The third-order valence-corrected chi connectivity index (χ3v) is 7.80. The van der Waals surface area contributed by atoms with E-state index in [0.717, 1.165) is 23.4 Å². The highest BCUT2D eigenvalue weighted by Gasteiger charge is 2.31. The van der Waals surface area contributed by atoms with E-state index in [2.05, 4.69) is 4.72 Å².